The molecule has 0 fully saturated rings. The summed E-state index contributed by atoms with van der Waals surface area (Å²) in [7, 11) is 0. The Balaban J connectivity index is 1.32. The SMILES string of the molecule is Cc1ccc(-c2nc(=S)n(N=Cc3c(O)ccc4ccccc34)cc2-c2c(C)ccc(C=O)c2-c2cn(N=Cc3c(O)ccc4ccccc34)c(=S)nc2-c2ccc(C)cc2)cc1. The highest BCUT2D eigenvalue weighted by molar-refractivity contribution is 7.71. The Bertz CT molecular complexity index is 3470. The highest BCUT2D eigenvalue weighted by atomic mass is 32.1. The number of nitrogens with zero attached hydrogens (tertiary/aromatic N) is 6. The number of aromatic hydroxyl groups is 2. The molecule has 0 atom stereocenters. The lowest BCUT2D eigenvalue weighted by atomic mass is 9.85. The zero-order valence-electron chi connectivity index (χ0n) is 34.4. The van der Waals surface area contributed by atoms with Crippen LogP contribution in [0.2, 0.25) is 0 Å². The third-order valence-electron chi connectivity index (χ3n) is 11.1. The van der Waals surface area contributed by atoms with Gasteiger partial charge in [-0.15, -0.1) is 0 Å². The maximum absolute atomic E-state index is 13.3. The van der Waals surface area contributed by atoms with Crippen LogP contribution in [-0.2, 0) is 0 Å². The van der Waals surface area contributed by atoms with E-state index in [1.807, 2.05) is 142 Å². The number of aldehydes is 1. The number of aromatic nitrogens is 4. The van der Waals surface area contributed by atoms with Crippen LogP contribution in [-0.4, -0.2) is 48.2 Å². The first-order valence-electron chi connectivity index (χ1n) is 20.1. The first kappa shape index (κ1) is 40.7. The highest BCUT2D eigenvalue weighted by Crippen LogP contribution is 2.44. The summed E-state index contributed by atoms with van der Waals surface area (Å²) >= 11 is 11.8. The van der Waals surface area contributed by atoms with Crippen LogP contribution >= 0.6 is 24.4 Å². The van der Waals surface area contributed by atoms with Gasteiger partial charge in [-0.25, -0.2) is 19.3 Å². The Morgan fingerprint density at radius 2 is 0.984 bits per heavy atom. The smallest absolute Gasteiger partial charge is 0.220 e. The zero-order chi connectivity index (χ0) is 43.8. The lowest BCUT2D eigenvalue weighted by molar-refractivity contribution is 0.112. The molecule has 0 aliphatic carbocycles. The molecule has 0 radical (unpaired) electrons. The van der Waals surface area contributed by atoms with Gasteiger partial charge < -0.3 is 10.2 Å². The minimum absolute atomic E-state index is 0.0607. The van der Waals surface area contributed by atoms with Gasteiger partial charge in [-0.2, -0.15) is 10.2 Å². The quantitative estimate of drug-likeness (QED) is 0.0843. The molecule has 9 nitrogen and oxygen atoms in total. The fourth-order valence-electron chi connectivity index (χ4n) is 7.82. The van der Waals surface area contributed by atoms with Gasteiger partial charge in [0.15, 0.2) is 6.29 Å². The van der Waals surface area contributed by atoms with Gasteiger partial charge in [-0.1, -0.05) is 132 Å². The van der Waals surface area contributed by atoms with E-state index in [0.717, 1.165) is 55.6 Å². The van der Waals surface area contributed by atoms with Gasteiger partial charge in [0.2, 0.25) is 9.54 Å². The molecule has 0 spiro atoms. The fraction of sp³-hybridized carbons (Fsp3) is 0.0577. The molecule has 2 aromatic heterocycles. The normalized spacial score (nSPS) is 11.6. The number of hydrogen-bond acceptors (Lipinski definition) is 9. The topological polar surface area (TPSA) is 118 Å². The van der Waals surface area contributed by atoms with Crippen molar-refractivity contribution in [3.8, 4) is 56.3 Å². The number of hydrogen-bond donors (Lipinski definition) is 2. The van der Waals surface area contributed by atoms with Gasteiger partial charge in [-0.05, 0) is 90.0 Å². The van der Waals surface area contributed by atoms with E-state index in [1.54, 1.807) is 36.8 Å². The second-order valence-corrected chi connectivity index (χ2v) is 16.0. The van der Waals surface area contributed by atoms with Gasteiger partial charge in [0.25, 0.3) is 0 Å². The van der Waals surface area contributed by atoms with Gasteiger partial charge in [0.05, 0.1) is 23.8 Å². The van der Waals surface area contributed by atoms with E-state index in [2.05, 4.69) is 0 Å². The van der Waals surface area contributed by atoms with E-state index in [1.165, 1.54) is 9.35 Å². The molecule has 0 saturated heterocycles. The largest absolute Gasteiger partial charge is 0.507 e. The van der Waals surface area contributed by atoms with Crippen LogP contribution in [0.4, 0.5) is 0 Å². The molecule has 9 aromatic rings. The second kappa shape index (κ2) is 17.0. The van der Waals surface area contributed by atoms with Crippen LogP contribution < -0.4 is 0 Å². The molecule has 63 heavy (non-hydrogen) atoms. The monoisotopic (exact) mass is 858 g/mol. The van der Waals surface area contributed by atoms with Crippen molar-refractivity contribution in [3.05, 3.63) is 189 Å². The van der Waals surface area contributed by atoms with Crippen LogP contribution in [0.25, 0.3) is 66.3 Å². The molecule has 306 valence electrons. The van der Waals surface area contributed by atoms with Crippen LogP contribution in [0.5, 0.6) is 11.5 Å². The Morgan fingerprint density at radius 1 is 0.540 bits per heavy atom. The summed E-state index contributed by atoms with van der Waals surface area (Å²) in [5.41, 5.74) is 9.55. The van der Waals surface area contributed by atoms with Gasteiger partial charge in [0.1, 0.15) is 11.5 Å². The number of fused-ring (bicyclic) bond motifs is 2. The third-order valence-corrected chi connectivity index (χ3v) is 11.7. The first-order chi connectivity index (χ1) is 30.6. The summed E-state index contributed by atoms with van der Waals surface area (Å²) in [5.74, 6) is 0.128. The summed E-state index contributed by atoms with van der Waals surface area (Å²) in [6.45, 7) is 6.01. The maximum atomic E-state index is 13.3. The molecule has 2 heterocycles. The predicted molar refractivity (Wildman–Crippen MR) is 258 cm³/mol. The summed E-state index contributed by atoms with van der Waals surface area (Å²) in [5, 5.41) is 35.1. The maximum Gasteiger partial charge on any atom is 0.220 e. The summed E-state index contributed by atoms with van der Waals surface area (Å²) < 4.78 is 3.33. The zero-order valence-corrected chi connectivity index (χ0v) is 36.0. The van der Waals surface area contributed by atoms with Crippen molar-refractivity contribution in [1.82, 2.24) is 19.3 Å². The van der Waals surface area contributed by atoms with E-state index in [0.29, 0.717) is 50.3 Å². The third kappa shape index (κ3) is 7.87. The lowest BCUT2D eigenvalue weighted by Gasteiger charge is -2.21. The molecule has 0 saturated carbocycles. The van der Waals surface area contributed by atoms with Crippen molar-refractivity contribution >= 4 is 64.7 Å². The standard InChI is InChI=1S/C52H38N6O3S2/c1-31-12-17-36(18-13-31)49-43(28-57(51(62)55-49)53-26-41-39-10-6-4-8-34(39)22-24-45(41)60)47-33(3)16-21-38(30-59)48(47)44-29-58(52(63)56-50(44)37-19-14-32(2)15-20-37)54-27-42-40-11-7-5-9-35(40)23-25-46(42)61/h4-30,60-61H,1-3H3. The van der Waals surface area contributed by atoms with Crippen LogP contribution in [0.3, 0.4) is 0 Å². The number of aryl methyl sites for hydroxylation is 3. The number of benzene rings is 7. The van der Waals surface area contributed by atoms with E-state index < -0.39 is 0 Å². The van der Waals surface area contributed by atoms with Crippen LogP contribution in [0, 0.1) is 30.3 Å². The van der Waals surface area contributed by atoms with Gasteiger partial charge >= 0.3 is 0 Å². The van der Waals surface area contributed by atoms with Gasteiger partial charge in [0, 0.05) is 56.9 Å². The van der Waals surface area contributed by atoms with Crippen molar-refractivity contribution in [2.75, 3.05) is 0 Å². The molecule has 0 aliphatic rings. The van der Waals surface area contributed by atoms with Crippen LogP contribution in [0.15, 0.2) is 156 Å². The lowest BCUT2D eigenvalue weighted by Crippen LogP contribution is -2.06. The van der Waals surface area contributed by atoms with E-state index in [9.17, 15) is 15.0 Å². The van der Waals surface area contributed by atoms with E-state index >= 15 is 0 Å². The molecular formula is C52H38N6O3S2. The number of rotatable bonds is 9. The molecule has 9 rings (SSSR count). The molecule has 0 unspecified atom stereocenters. The highest BCUT2D eigenvalue weighted by Gasteiger charge is 2.24. The number of carbonyl (C=O) groups excluding carboxylic acids is 1. The average molecular weight is 859 g/mol. The fourth-order valence-corrected chi connectivity index (χ4v) is 8.21. The van der Waals surface area contributed by atoms with Crippen molar-refractivity contribution < 1.29 is 15.0 Å². The predicted octanol–water partition coefficient (Wildman–Crippen LogP) is 12.4. The Kier molecular flexibility index (Phi) is 11.0. The first-order valence-corrected chi connectivity index (χ1v) is 20.9. The molecule has 0 aliphatic heterocycles. The minimum atomic E-state index is 0.0607. The van der Waals surface area contributed by atoms with Crippen molar-refractivity contribution in [1.29, 1.82) is 0 Å². The molecule has 0 bridgehead atoms. The van der Waals surface area contributed by atoms with Crippen LogP contribution in [0.1, 0.15) is 38.2 Å². The Morgan fingerprint density at radius 3 is 1.44 bits per heavy atom. The number of carbonyl (C=O) groups is 1. The molecule has 0 amide bonds. The second-order valence-electron chi connectivity index (χ2n) is 15.3. The summed E-state index contributed by atoms with van der Waals surface area (Å²) in [6, 6.07) is 42.1. The van der Waals surface area contributed by atoms with E-state index in [4.69, 9.17) is 44.6 Å². The average Bonchev–Trinajstić information content (AvgIpc) is 3.29. The molecule has 2 N–H and O–H groups in total. The molecule has 7 aromatic carbocycles. The number of phenols is 2. The molecule has 11 heteroatoms. The summed E-state index contributed by atoms with van der Waals surface area (Å²) in [4.78, 5) is 23.4. The Hall–Kier alpha value is -7.73. The van der Waals surface area contributed by atoms with Gasteiger partial charge in [-0.3, -0.25) is 4.79 Å². The van der Waals surface area contributed by atoms with Crippen molar-refractivity contribution in [2.24, 2.45) is 10.2 Å². The number of phenolic OH excluding ortho intramolecular Hbond substituents is 2. The summed E-state index contributed by atoms with van der Waals surface area (Å²) in [6.07, 6.45) is 7.58. The van der Waals surface area contributed by atoms with Crippen molar-refractivity contribution in [3.63, 3.8) is 0 Å². The molecular weight excluding hydrogens is 821 g/mol. The minimum Gasteiger partial charge on any atom is -0.507 e. The van der Waals surface area contributed by atoms with Crippen molar-refractivity contribution in [2.45, 2.75) is 20.8 Å². The van der Waals surface area contributed by atoms with E-state index in [-0.39, 0.29) is 21.0 Å². The Labute approximate surface area is 373 Å².